The van der Waals surface area contributed by atoms with Crippen LogP contribution in [-0.2, 0) is 14.3 Å². The Kier molecular flexibility index (Phi) is 6.37. The highest BCUT2D eigenvalue weighted by molar-refractivity contribution is 5.77. The summed E-state index contributed by atoms with van der Waals surface area (Å²) >= 11 is 0. The van der Waals surface area contributed by atoms with Gasteiger partial charge in [0.2, 0.25) is 5.91 Å². The molecule has 0 aromatic rings. The first kappa shape index (κ1) is 13.4. The third kappa shape index (κ3) is 4.92. The Labute approximate surface area is 96.7 Å². The summed E-state index contributed by atoms with van der Waals surface area (Å²) in [7, 11) is 1.72. The van der Waals surface area contributed by atoms with Crippen LogP contribution in [0.25, 0.3) is 0 Å². The molecule has 1 aliphatic rings. The minimum atomic E-state index is -0.0926. The average molecular weight is 230 g/mol. The Bertz CT molecular complexity index is 211. The molecule has 0 spiro atoms. The third-order valence-electron chi connectivity index (χ3n) is 2.83. The molecule has 0 heterocycles. The van der Waals surface area contributed by atoms with Gasteiger partial charge >= 0.3 is 0 Å². The Morgan fingerprint density at radius 3 is 2.88 bits per heavy atom. The number of methoxy groups -OCH3 is 1. The molecule has 0 radical (unpaired) electrons. The largest absolute Gasteiger partial charge is 0.381 e. The van der Waals surface area contributed by atoms with Crippen LogP contribution in [0.1, 0.15) is 25.7 Å². The van der Waals surface area contributed by atoms with E-state index in [-0.39, 0.29) is 24.7 Å². The molecule has 0 aromatic heterocycles. The molecule has 2 atom stereocenters. The van der Waals surface area contributed by atoms with E-state index in [4.69, 9.17) is 15.2 Å². The van der Waals surface area contributed by atoms with Crippen molar-refractivity contribution >= 4 is 5.91 Å². The normalized spacial score (nSPS) is 25.4. The van der Waals surface area contributed by atoms with Crippen molar-refractivity contribution in [1.82, 2.24) is 5.32 Å². The lowest BCUT2D eigenvalue weighted by Crippen LogP contribution is -2.35. The number of hydrogen-bond acceptors (Lipinski definition) is 4. The van der Waals surface area contributed by atoms with Crippen LogP contribution in [-0.4, -0.2) is 44.9 Å². The number of nitrogens with one attached hydrogen (secondary N) is 1. The average Bonchev–Trinajstić information content (AvgIpc) is 2.34. The molecule has 1 aliphatic carbocycles. The molecular weight excluding hydrogens is 208 g/mol. The van der Waals surface area contributed by atoms with E-state index in [2.05, 4.69) is 5.32 Å². The first-order valence-electron chi connectivity index (χ1n) is 5.87. The first-order valence-corrected chi connectivity index (χ1v) is 5.87. The standard InChI is InChI=1S/C11H22N2O3/c1-15-9-3-2-4-10(7-9)16-8-11(14)13-6-5-12/h9-10H,2-8,12H2,1H3,(H,13,14). The molecule has 16 heavy (non-hydrogen) atoms. The van der Waals surface area contributed by atoms with Crippen molar-refractivity contribution in [3.8, 4) is 0 Å². The van der Waals surface area contributed by atoms with Crippen LogP contribution >= 0.6 is 0 Å². The summed E-state index contributed by atoms with van der Waals surface area (Å²) in [5.41, 5.74) is 5.28. The Morgan fingerprint density at radius 1 is 1.44 bits per heavy atom. The van der Waals surface area contributed by atoms with Crippen molar-refractivity contribution in [2.75, 3.05) is 26.8 Å². The van der Waals surface area contributed by atoms with E-state index in [1.807, 2.05) is 0 Å². The molecule has 1 amide bonds. The van der Waals surface area contributed by atoms with Crippen LogP contribution in [0.5, 0.6) is 0 Å². The van der Waals surface area contributed by atoms with Crippen LogP contribution < -0.4 is 11.1 Å². The summed E-state index contributed by atoms with van der Waals surface area (Å²) in [6.07, 6.45) is 4.54. The molecule has 3 N–H and O–H groups in total. The Morgan fingerprint density at radius 2 is 2.19 bits per heavy atom. The van der Waals surface area contributed by atoms with E-state index in [0.717, 1.165) is 25.7 Å². The summed E-state index contributed by atoms with van der Waals surface area (Å²) < 4.78 is 10.8. The summed E-state index contributed by atoms with van der Waals surface area (Å²) in [4.78, 5) is 11.3. The second kappa shape index (κ2) is 7.60. The molecular formula is C11H22N2O3. The minimum Gasteiger partial charge on any atom is -0.381 e. The topological polar surface area (TPSA) is 73.6 Å². The molecule has 1 rings (SSSR count). The summed E-state index contributed by atoms with van der Waals surface area (Å²) in [6, 6.07) is 0. The van der Waals surface area contributed by atoms with E-state index in [0.29, 0.717) is 13.1 Å². The Hall–Kier alpha value is -0.650. The van der Waals surface area contributed by atoms with E-state index >= 15 is 0 Å². The molecule has 0 aromatic carbocycles. The van der Waals surface area contributed by atoms with Crippen molar-refractivity contribution in [2.45, 2.75) is 37.9 Å². The van der Waals surface area contributed by atoms with Crippen LogP contribution in [0, 0.1) is 0 Å². The van der Waals surface area contributed by atoms with Gasteiger partial charge in [0.1, 0.15) is 6.61 Å². The maximum absolute atomic E-state index is 11.3. The lowest BCUT2D eigenvalue weighted by Gasteiger charge is -2.27. The van der Waals surface area contributed by atoms with Crippen molar-refractivity contribution in [3.05, 3.63) is 0 Å². The van der Waals surface area contributed by atoms with Gasteiger partial charge in [-0.1, -0.05) is 0 Å². The summed E-state index contributed by atoms with van der Waals surface area (Å²) in [5, 5.41) is 2.68. The van der Waals surface area contributed by atoms with Crippen molar-refractivity contribution in [1.29, 1.82) is 0 Å². The van der Waals surface area contributed by atoms with Gasteiger partial charge in [0.25, 0.3) is 0 Å². The van der Waals surface area contributed by atoms with Crippen molar-refractivity contribution < 1.29 is 14.3 Å². The van der Waals surface area contributed by atoms with Crippen molar-refractivity contribution in [2.24, 2.45) is 5.73 Å². The van der Waals surface area contributed by atoms with E-state index in [1.54, 1.807) is 7.11 Å². The fourth-order valence-corrected chi connectivity index (χ4v) is 1.92. The van der Waals surface area contributed by atoms with Crippen LogP contribution in [0.3, 0.4) is 0 Å². The number of carbonyl (C=O) groups is 1. The van der Waals surface area contributed by atoms with Gasteiger partial charge in [-0.05, 0) is 25.7 Å². The molecule has 5 nitrogen and oxygen atoms in total. The molecule has 0 bridgehead atoms. The molecule has 94 valence electrons. The molecule has 1 saturated carbocycles. The minimum absolute atomic E-state index is 0.0926. The van der Waals surface area contributed by atoms with Crippen LogP contribution in [0.4, 0.5) is 0 Å². The van der Waals surface area contributed by atoms with Gasteiger partial charge in [-0.15, -0.1) is 0 Å². The quantitative estimate of drug-likeness (QED) is 0.675. The van der Waals surface area contributed by atoms with Gasteiger partial charge in [0.05, 0.1) is 12.2 Å². The molecule has 0 saturated heterocycles. The number of amides is 1. The monoisotopic (exact) mass is 230 g/mol. The number of carbonyl (C=O) groups excluding carboxylic acids is 1. The summed E-state index contributed by atoms with van der Waals surface area (Å²) in [6.45, 7) is 1.09. The number of nitrogens with two attached hydrogens (primary N) is 1. The fraction of sp³-hybridized carbons (Fsp3) is 0.909. The number of ether oxygens (including phenoxy) is 2. The fourth-order valence-electron chi connectivity index (χ4n) is 1.92. The van der Waals surface area contributed by atoms with Gasteiger partial charge < -0.3 is 20.5 Å². The molecule has 5 heteroatoms. The maximum Gasteiger partial charge on any atom is 0.246 e. The highest BCUT2D eigenvalue weighted by Gasteiger charge is 2.22. The highest BCUT2D eigenvalue weighted by Crippen LogP contribution is 2.22. The molecule has 0 aliphatic heterocycles. The lowest BCUT2D eigenvalue weighted by molar-refractivity contribution is -0.129. The zero-order valence-corrected chi connectivity index (χ0v) is 9.91. The van der Waals surface area contributed by atoms with Crippen molar-refractivity contribution in [3.63, 3.8) is 0 Å². The van der Waals surface area contributed by atoms with Gasteiger partial charge in [-0.3, -0.25) is 4.79 Å². The third-order valence-corrected chi connectivity index (χ3v) is 2.83. The van der Waals surface area contributed by atoms with Crippen LogP contribution in [0.15, 0.2) is 0 Å². The maximum atomic E-state index is 11.3. The van der Waals surface area contributed by atoms with Gasteiger partial charge in [-0.25, -0.2) is 0 Å². The lowest BCUT2D eigenvalue weighted by atomic mass is 9.95. The van der Waals surface area contributed by atoms with Gasteiger partial charge in [0.15, 0.2) is 0 Å². The number of hydrogen-bond donors (Lipinski definition) is 2. The first-order chi connectivity index (χ1) is 7.76. The van der Waals surface area contributed by atoms with E-state index in [1.165, 1.54) is 0 Å². The highest BCUT2D eigenvalue weighted by atomic mass is 16.5. The van der Waals surface area contributed by atoms with E-state index in [9.17, 15) is 4.79 Å². The zero-order chi connectivity index (χ0) is 11.8. The predicted molar refractivity (Wildman–Crippen MR) is 61.1 cm³/mol. The zero-order valence-electron chi connectivity index (χ0n) is 9.91. The van der Waals surface area contributed by atoms with Crippen LogP contribution in [0.2, 0.25) is 0 Å². The van der Waals surface area contributed by atoms with Gasteiger partial charge in [0, 0.05) is 20.2 Å². The van der Waals surface area contributed by atoms with Gasteiger partial charge in [-0.2, -0.15) is 0 Å². The molecule has 1 fully saturated rings. The SMILES string of the molecule is COC1CCCC(OCC(=O)NCCN)C1. The number of rotatable bonds is 6. The summed E-state index contributed by atoms with van der Waals surface area (Å²) in [5.74, 6) is -0.0926. The Balaban J connectivity index is 2.14. The second-order valence-electron chi connectivity index (χ2n) is 4.10. The predicted octanol–water partition coefficient (Wildman–Crippen LogP) is 0.0355. The van der Waals surface area contributed by atoms with E-state index < -0.39 is 0 Å². The smallest absolute Gasteiger partial charge is 0.246 e. The second-order valence-corrected chi connectivity index (χ2v) is 4.10. The molecule has 2 unspecified atom stereocenters.